The monoisotopic (exact) mass is 563 g/mol. The molecule has 0 aliphatic heterocycles. The fourth-order valence-corrected chi connectivity index (χ4v) is 8.14. The molecule has 2 heterocycles. The topological polar surface area (TPSA) is 12.9 Å². The molecule has 0 saturated carbocycles. The molecule has 0 atom stereocenters. The minimum atomic E-state index is 1.000. The van der Waals surface area contributed by atoms with Crippen molar-refractivity contribution in [3.8, 4) is 33.5 Å². The van der Waals surface area contributed by atoms with Crippen molar-refractivity contribution in [3.05, 3.63) is 152 Å². The zero-order chi connectivity index (χ0) is 28.3. The second-order valence-corrected chi connectivity index (χ2v) is 12.1. The van der Waals surface area contributed by atoms with Crippen molar-refractivity contribution in [1.29, 1.82) is 0 Å². The van der Waals surface area contributed by atoms with E-state index in [1.54, 1.807) is 0 Å². The second kappa shape index (κ2) is 9.62. The van der Waals surface area contributed by atoms with E-state index in [1.165, 1.54) is 74.7 Å². The maximum atomic E-state index is 5.11. The van der Waals surface area contributed by atoms with E-state index in [4.69, 9.17) is 4.98 Å². The molecule has 0 aliphatic carbocycles. The van der Waals surface area contributed by atoms with Gasteiger partial charge in [-0.15, -0.1) is 11.3 Å². The lowest BCUT2D eigenvalue weighted by Crippen LogP contribution is -1.91. The number of hydrogen-bond donors (Lipinski definition) is 0. The molecule has 9 aromatic rings. The minimum Gasteiger partial charge on any atom is -0.256 e. The van der Waals surface area contributed by atoms with Crippen molar-refractivity contribution in [2.75, 3.05) is 0 Å². The Hall–Kier alpha value is -5.31. The summed E-state index contributed by atoms with van der Waals surface area (Å²) in [4.78, 5) is 5.11. The molecular formula is C41H25NS. The molecule has 0 saturated heterocycles. The van der Waals surface area contributed by atoms with Crippen molar-refractivity contribution in [2.24, 2.45) is 0 Å². The number of hydrogen-bond acceptors (Lipinski definition) is 2. The van der Waals surface area contributed by atoms with Gasteiger partial charge in [-0.1, -0.05) is 140 Å². The van der Waals surface area contributed by atoms with Crippen LogP contribution in [-0.2, 0) is 0 Å². The van der Waals surface area contributed by atoms with Gasteiger partial charge in [-0.3, -0.25) is 4.98 Å². The van der Waals surface area contributed by atoms with Crippen molar-refractivity contribution < 1.29 is 0 Å². The van der Waals surface area contributed by atoms with Gasteiger partial charge in [-0.25, -0.2) is 0 Å². The fraction of sp³-hybridized carbons (Fsp3) is 0. The Morgan fingerprint density at radius 3 is 1.63 bits per heavy atom. The lowest BCUT2D eigenvalue weighted by molar-refractivity contribution is 1.34. The van der Waals surface area contributed by atoms with Crippen LogP contribution in [-0.4, -0.2) is 4.98 Å². The molecule has 1 nitrogen and oxygen atoms in total. The summed E-state index contributed by atoms with van der Waals surface area (Å²) < 4.78 is 2.63. The maximum Gasteiger partial charge on any atom is 0.0716 e. The Balaban J connectivity index is 1.24. The highest BCUT2D eigenvalue weighted by molar-refractivity contribution is 7.27. The number of aromatic nitrogens is 1. The third-order valence-electron chi connectivity index (χ3n) is 8.71. The zero-order valence-corrected chi connectivity index (χ0v) is 24.1. The Morgan fingerprint density at radius 1 is 0.372 bits per heavy atom. The Morgan fingerprint density at radius 2 is 0.953 bits per heavy atom. The lowest BCUT2D eigenvalue weighted by atomic mass is 9.86. The third-order valence-corrected chi connectivity index (χ3v) is 10.00. The van der Waals surface area contributed by atoms with Crippen molar-refractivity contribution in [3.63, 3.8) is 0 Å². The van der Waals surface area contributed by atoms with E-state index in [0.717, 1.165) is 11.3 Å². The van der Waals surface area contributed by atoms with Crippen LogP contribution in [0.3, 0.4) is 0 Å². The predicted molar refractivity (Wildman–Crippen MR) is 186 cm³/mol. The summed E-state index contributed by atoms with van der Waals surface area (Å²) in [6.07, 6.45) is 2.06. The number of pyridine rings is 1. The van der Waals surface area contributed by atoms with E-state index in [2.05, 4.69) is 152 Å². The van der Waals surface area contributed by atoms with E-state index >= 15 is 0 Å². The van der Waals surface area contributed by atoms with E-state index in [-0.39, 0.29) is 0 Å². The van der Waals surface area contributed by atoms with Crippen LogP contribution in [0.2, 0.25) is 0 Å². The largest absolute Gasteiger partial charge is 0.256 e. The Bertz CT molecular complexity index is 2430. The molecule has 0 radical (unpaired) electrons. The molecule has 0 bridgehead atoms. The van der Waals surface area contributed by atoms with Gasteiger partial charge >= 0.3 is 0 Å². The predicted octanol–water partition coefficient (Wildman–Crippen LogP) is 11.9. The SMILES string of the molecule is c1ccc(-c2c3ccccc3c(-c3ccc(-c4cccc5c4sc4c6ccccc6ccc54)nc3)c3ccccc23)cc1. The highest BCUT2D eigenvalue weighted by Gasteiger charge is 2.17. The van der Waals surface area contributed by atoms with E-state index in [0.29, 0.717) is 0 Å². The first-order chi connectivity index (χ1) is 21.3. The van der Waals surface area contributed by atoms with Crippen LogP contribution in [0.15, 0.2) is 152 Å². The molecular weight excluding hydrogens is 539 g/mol. The summed E-state index contributed by atoms with van der Waals surface area (Å²) in [6.45, 7) is 0. The molecule has 0 N–H and O–H groups in total. The summed E-state index contributed by atoms with van der Waals surface area (Å²) in [7, 11) is 0. The van der Waals surface area contributed by atoms with E-state index < -0.39 is 0 Å². The average molecular weight is 564 g/mol. The first-order valence-corrected chi connectivity index (χ1v) is 15.5. The van der Waals surface area contributed by atoms with Crippen molar-refractivity contribution in [1.82, 2.24) is 4.98 Å². The zero-order valence-electron chi connectivity index (χ0n) is 23.3. The summed E-state index contributed by atoms with van der Waals surface area (Å²) in [6, 6.07) is 52.6. The Labute approximate surface area is 253 Å². The van der Waals surface area contributed by atoms with Gasteiger partial charge < -0.3 is 0 Å². The number of benzene rings is 7. The maximum absolute atomic E-state index is 5.11. The van der Waals surface area contributed by atoms with Crippen LogP contribution in [0.1, 0.15) is 0 Å². The van der Waals surface area contributed by atoms with Gasteiger partial charge in [0.25, 0.3) is 0 Å². The smallest absolute Gasteiger partial charge is 0.0716 e. The van der Waals surface area contributed by atoms with Gasteiger partial charge in [0.2, 0.25) is 0 Å². The average Bonchev–Trinajstić information content (AvgIpc) is 3.47. The van der Waals surface area contributed by atoms with Gasteiger partial charge in [-0.05, 0) is 55.1 Å². The van der Waals surface area contributed by atoms with Gasteiger partial charge in [0.1, 0.15) is 0 Å². The molecule has 2 aromatic heterocycles. The third kappa shape index (κ3) is 3.74. The second-order valence-electron chi connectivity index (χ2n) is 11.1. The number of nitrogens with zero attached hydrogens (tertiary/aromatic N) is 1. The minimum absolute atomic E-state index is 1.000. The fourth-order valence-electron chi connectivity index (χ4n) is 6.78. The van der Waals surface area contributed by atoms with E-state index in [1.807, 2.05) is 11.3 Å². The summed E-state index contributed by atoms with van der Waals surface area (Å²) in [5, 5.41) is 10.2. The van der Waals surface area contributed by atoms with Crippen LogP contribution in [0, 0.1) is 0 Å². The van der Waals surface area contributed by atoms with Crippen LogP contribution in [0.4, 0.5) is 0 Å². The number of thiophene rings is 1. The molecule has 0 unspecified atom stereocenters. The molecule has 2 heteroatoms. The lowest BCUT2D eigenvalue weighted by Gasteiger charge is -2.17. The first-order valence-electron chi connectivity index (χ1n) is 14.6. The molecule has 0 amide bonds. The highest BCUT2D eigenvalue weighted by atomic mass is 32.1. The van der Waals surface area contributed by atoms with Gasteiger partial charge in [0.15, 0.2) is 0 Å². The van der Waals surface area contributed by atoms with Gasteiger partial charge in [-0.2, -0.15) is 0 Å². The first kappa shape index (κ1) is 24.3. The standard InChI is InChI=1S/C41H25NS/c1-2-12-27(13-3-1)38-30-15-6-8-17-32(30)39(33-18-9-7-16-31(33)38)28-22-24-37(42-25-28)36-20-10-19-34-35-23-21-26-11-4-5-14-29(26)40(35)43-41(34)36/h1-25H. The van der Waals surface area contributed by atoms with Crippen LogP contribution < -0.4 is 0 Å². The summed E-state index contributed by atoms with van der Waals surface area (Å²) in [5.41, 5.74) is 7.06. The van der Waals surface area contributed by atoms with Crippen molar-refractivity contribution >= 4 is 63.8 Å². The highest BCUT2D eigenvalue weighted by Crippen LogP contribution is 2.45. The van der Waals surface area contributed by atoms with Gasteiger partial charge in [0, 0.05) is 37.5 Å². The Kier molecular flexibility index (Phi) is 5.44. The summed E-state index contributed by atoms with van der Waals surface area (Å²) >= 11 is 1.88. The van der Waals surface area contributed by atoms with Gasteiger partial charge in [0.05, 0.1) is 5.69 Å². The number of rotatable bonds is 3. The molecule has 0 fully saturated rings. The molecule has 0 aliphatic rings. The van der Waals surface area contributed by atoms with Crippen LogP contribution in [0.5, 0.6) is 0 Å². The molecule has 43 heavy (non-hydrogen) atoms. The quantitative estimate of drug-likeness (QED) is 0.195. The normalized spacial score (nSPS) is 11.7. The summed E-state index contributed by atoms with van der Waals surface area (Å²) in [5.74, 6) is 0. The molecule has 0 spiro atoms. The molecule has 9 rings (SSSR count). The van der Waals surface area contributed by atoms with E-state index in [9.17, 15) is 0 Å². The van der Waals surface area contributed by atoms with Crippen LogP contribution >= 0.6 is 11.3 Å². The van der Waals surface area contributed by atoms with Crippen molar-refractivity contribution in [2.45, 2.75) is 0 Å². The molecule has 200 valence electrons. The van der Waals surface area contributed by atoms with Crippen LogP contribution in [0.25, 0.3) is 86.0 Å². The number of fused-ring (bicyclic) bond motifs is 7. The molecule has 7 aromatic carbocycles.